The number of halogens is 2. The smallest absolute Gasteiger partial charge is 0.338 e. The van der Waals surface area contributed by atoms with Gasteiger partial charge in [-0.1, -0.05) is 24.3 Å². The lowest BCUT2D eigenvalue weighted by Crippen LogP contribution is -2.52. The number of fused-ring (bicyclic) bond motifs is 1. The van der Waals surface area contributed by atoms with Crippen LogP contribution in [0.5, 0.6) is 0 Å². The Morgan fingerprint density at radius 3 is 2.74 bits per heavy atom. The molecular formula is C33H33F2N5O5S. The number of aromatic carboxylic acids is 1. The van der Waals surface area contributed by atoms with Crippen molar-refractivity contribution in [1.82, 2.24) is 20.1 Å². The number of aromatic nitrogens is 1. The van der Waals surface area contributed by atoms with Crippen LogP contribution < -0.4 is 5.32 Å². The Labute approximate surface area is 268 Å². The molecule has 6 rings (SSSR count). The van der Waals surface area contributed by atoms with E-state index in [0.717, 1.165) is 0 Å². The van der Waals surface area contributed by atoms with Crippen molar-refractivity contribution >= 4 is 35.0 Å². The number of carboxylic acid groups (broad SMARTS) is 1. The molecule has 0 radical (unpaired) electrons. The third-order valence-electron chi connectivity index (χ3n) is 8.79. The quantitative estimate of drug-likeness (QED) is 0.330. The largest absolute Gasteiger partial charge is 0.478 e. The average molecular weight is 650 g/mol. The van der Waals surface area contributed by atoms with Gasteiger partial charge in [0.2, 0.25) is 0 Å². The lowest BCUT2D eigenvalue weighted by molar-refractivity contribution is -0.141. The number of likely N-dealkylation sites (tertiary alicyclic amines) is 2. The summed E-state index contributed by atoms with van der Waals surface area (Å²) in [5.74, 6) is -2.91. The first-order chi connectivity index (χ1) is 22.1. The van der Waals surface area contributed by atoms with Gasteiger partial charge in [-0.2, -0.15) is 0 Å². The highest BCUT2D eigenvalue weighted by atomic mass is 32.1. The zero-order valence-electron chi connectivity index (χ0n) is 25.3. The number of alkyl halides is 1. The fourth-order valence-electron chi connectivity index (χ4n) is 6.46. The number of hydrogen-bond donors (Lipinski definition) is 2. The SMILES string of the molecule is CCOC(=O)C1=C(CN2CC[C@]3(F)C(=O)N(Cc4cccc(C(=O)O)c4)C[C@@H]3C2)NC(c2nccs2)=NC1c1cccc(F)c1C. The van der Waals surface area contributed by atoms with Crippen molar-refractivity contribution in [3.63, 3.8) is 0 Å². The van der Waals surface area contributed by atoms with Crippen molar-refractivity contribution in [3.05, 3.63) is 98.4 Å². The first-order valence-electron chi connectivity index (χ1n) is 15.0. The van der Waals surface area contributed by atoms with Gasteiger partial charge in [-0.15, -0.1) is 11.3 Å². The van der Waals surface area contributed by atoms with E-state index in [1.807, 2.05) is 4.90 Å². The molecular weight excluding hydrogens is 616 g/mol. The van der Waals surface area contributed by atoms with Gasteiger partial charge < -0.3 is 20.1 Å². The molecule has 0 aliphatic carbocycles. The van der Waals surface area contributed by atoms with E-state index in [1.165, 1.54) is 34.4 Å². The summed E-state index contributed by atoms with van der Waals surface area (Å²) in [4.78, 5) is 50.9. The number of ether oxygens (including phenoxy) is 1. The van der Waals surface area contributed by atoms with E-state index in [-0.39, 0.29) is 56.9 Å². The molecule has 2 fully saturated rings. The molecule has 10 nitrogen and oxygen atoms in total. The van der Waals surface area contributed by atoms with Crippen molar-refractivity contribution in [3.8, 4) is 0 Å². The molecule has 2 N–H and O–H groups in total. The maximum absolute atomic E-state index is 16.3. The second-order valence-corrected chi connectivity index (χ2v) is 12.5. The normalized spacial score (nSPS) is 23.2. The number of thiazole rings is 1. The molecule has 3 aromatic rings. The maximum Gasteiger partial charge on any atom is 0.338 e. The number of amidine groups is 1. The summed E-state index contributed by atoms with van der Waals surface area (Å²) >= 11 is 1.36. The van der Waals surface area contributed by atoms with E-state index in [2.05, 4.69) is 10.3 Å². The van der Waals surface area contributed by atoms with Gasteiger partial charge in [0.05, 0.1) is 17.7 Å². The van der Waals surface area contributed by atoms with Gasteiger partial charge in [0.1, 0.15) is 11.9 Å². The highest BCUT2D eigenvalue weighted by molar-refractivity contribution is 7.11. The predicted molar refractivity (Wildman–Crippen MR) is 167 cm³/mol. The van der Waals surface area contributed by atoms with E-state index in [0.29, 0.717) is 33.2 Å². The zero-order valence-corrected chi connectivity index (χ0v) is 26.2. The summed E-state index contributed by atoms with van der Waals surface area (Å²) in [5, 5.41) is 15.0. The molecule has 0 bridgehead atoms. The summed E-state index contributed by atoms with van der Waals surface area (Å²) in [7, 11) is 0. The molecule has 1 aromatic heterocycles. The number of nitrogens with zero attached hydrogens (tertiary/aromatic N) is 4. The molecule has 1 amide bonds. The van der Waals surface area contributed by atoms with Crippen LogP contribution in [-0.2, 0) is 20.9 Å². The number of carboxylic acids is 1. The van der Waals surface area contributed by atoms with Crippen LogP contribution in [0.4, 0.5) is 8.78 Å². The lowest BCUT2D eigenvalue weighted by Gasteiger charge is -2.38. The average Bonchev–Trinajstić information content (AvgIpc) is 3.66. The van der Waals surface area contributed by atoms with Crippen molar-refractivity contribution < 1.29 is 33.0 Å². The lowest BCUT2D eigenvalue weighted by atomic mass is 9.84. The van der Waals surface area contributed by atoms with Crippen molar-refractivity contribution in [2.45, 2.75) is 38.5 Å². The monoisotopic (exact) mass is 649 g/mol. The van der Waals surface area contributed by atoms with Crippen molar-refractivity contribution in [2.24, 2.45) is 10.9 Å². The topological polar surface area (TPSA) is 124 Å². The molecule has 13 heteroatoms. The Kier molecular flexibility index (Phi) is 8.71. The summed E-state index contributed by atoms with van der Waals surface area (Å²) < 4.78 is 36.5. The first kappa shape index (κ1) is 31.5. The van der Waals surface area contributed by atoms with Gasteiger partial charge in [0.25, 0.3) is 5.91 Å². The van der Waals surface area contributed by atoms with Gasteiger partial charge in [-0.25, -0.2) is 23.4 Å². The van der Waals surface area contributed by atoms with E-state index < -0.39 is 41.3 Å². The molecule has 1 unspecified atom stereocenters. The van der Waals surface area contributed by atoms with Crippen LogP contribution in [0.1, 0.15) is 51.4 Å². The molecule has 2 aromatic carbocycles. The van der Waals surface area contributed by atoms with Crippen LogP contribution >= 0.6 is 11.3 Å². The summed E-state index contributed by atoms with van der Waals surface area (Å²) in [6, 6.07) is 10.1. The number of carbonyl (C=O) groups excluding carboxylic acids is 2. The first-order valence-corrected chi connectivity index (χ1v) is 15.9. The van der Waals surface area contributed by atoms with Crippen LogP contribution in [-0.4, -0.2) is 82.0 Å². The zero-order chi connectivity index (χ0) is 32.6. The second kappa shape index (κ2) is 12.7. The van der Waals surface area contributed by atoms with E-state index >= 15 is 4.39 Å². The van der Waals surface area contributed by atoms with Gasteiger partial charge >= 0.3 is 11.9 Å². The van der Waals surface area contributed by atoms with Crippen LogP contribution in [0.3, 0.4) is 0 Å². The van der Waals surface area contributed by atoms with Gasteiger partial charge in [0, 0.05) is 62.3 Å². The predicted octanol–water partition coefficient (Wildman–Crippen LogP) is 4.27. The Morgan fingerprint density at radius 1 is 1.20 bits per heavy atom. The molecule has 0 saturated carbocycles. The number of aliphatic imine (C=N–C) groups is 1. The minimum atomic E-state index is -2.05. The van der Waals surface area contributed by atoms with Gasteiger partial charge in [0.15, 0.2) is 16.5 Å². The number of hydrogen-bond acceptors (Lipinski definition) is 9. The number of piperidine rings is 1. The Hall–Kier alpha value is -4.49. The maximum atomic E-state index is 16.3. The Morgan fingerprint density at radius 2 is 2.00 bits per heavy atom. The summed E-state index contributed by atoms with van der Waals surface area (Å²) in [6.07, 6.45) is 1.60. The Bertz CT molecular complexity index is 1750. The molecule has 2 saturated heterocycles. The molecule has 46 heavy (non-hydrogen) atoms. The summed E-state index contributed by atoms with van der Waals surface area (Å²) in [6.45, 7) is 4.41. The van der Waals surface area contributed by atoms with Gasteiger partial charge in [-0.05, 0) is 48.7 Å². The molecule has 240 valence electrons. The minimum Gasteiger partial charge on any atom is -0.478 e. The fourth-order valence-corrected chi connectivity index (χ4v) is 7.05. The van der Waals surface area contributed by atoms with E-state index in [1.54, 1.807) is 49.7 Å². The molecule has 3 aliphatic rings. The third kappa shape index (κ3) is 5.92. The van der Waals surface area contributed by atoms with Crippen LogP contribution in [0.2, 0.25) is 0 Å². The molecule has 3 atom stereocenters. The number of nitrogens with one attached hydrogen (secondary N) is 1. The fraction of sp³-hybridized carbons (Fsp3) is 0.364. The number of benzene rings is 2. The third-order valence-corrected chi connectivity index (χ3v) is 9.57. The Balaban J connectivity index is 1.29. The van der Waals surface area contributed by atoms with Crippen molar-refractivity contribution in [2.75, 3.05) is 32.8 Å². The highest BCUT2D eigenvalue weighted by Gasteiger charge is 2.57. The second-order valence-electron chi connectivity index (χ2n) is 11.6. The van der Waals surface area contributed by atoms with Gasteiger partial charge in [-0.3, -0.25) is 14.7 Å². The van der Waals surface area contributed by atoms with Crippen molar-refractivity contribution in [1.29, 1.82) is 0 Å². The number of amides is 1. The molecule has 3 aliphatic heterocycles. The summed E-state index contributed by atoms with van der Waals surface area (Å²) in [5.41, 5.74) is 0.253. The highest BCUT2D eigenvalue weighted by Crippen LogP contribution is 2.41. The number of carbonyl (C=O) groups is 3. The standard InChI is InChI=1S/C33H33F2N5O5S/c1-3-45-31(43)26-25(37-28(29-36-11-13-46-29)38-27(26)23-8-5-9-24(34)19(23)2)18-39-12-10-33(35)22(16-39)17-40(32(33)44)15-20-6-4-7-21(14-20)30(41)42/h4-9,11,13-14,22,27H,3,10,12,15-18H2,1-2H3,(H,37,38)(H,41,42)/t22-,27?,33+/m0/s1. The number of esters is 1. The van der Waals surface area contributed by atoms with E-state index in [4.69, 9.17) is 9.73 Å². The number of rotatable bonds is 9. The van der Waals surface area contributed by atoms with E-state index in [9.17, 15) is 23.9 Å². The molecule has 4 heterocycles. The van der Waals surface area contributed by atoms with Crippen LogP contribution in [0.25, 0.3) is 0 Å². The van der Waals surface area contributed by atoms with Crippen LogP contribution in [0.15, 0.2) is 70.3 Å². The van der Waals surface area contributed by atoms with Crippen LogP contribution in [0, 0.1) is 18.7 Å². The molecule has 0 spiro atoms. The minimum absolute atomic E-state index is 0.0377.